The van der Waals surface area contributed by atoms with Crippen LogP contribution in [0.4, 0.5) is 10.6 Å². The molecule has 1 aromatic heterocycles. The Morgan fingerprint density at radius 2 is 1.90 bits per heavy atom. The first kappa shape index (κ1) is 22.5. The molecule has 2 fully saturated rings. The van der Waals surface area contributed by atoms with E-state index in [0.717, 1.165) is 36.1 Å². The van der Waals surface area contributed by atoms with Gasteiger partial charge in [0.25, 0.3) is 0 Å². The highest BCUT2D eigenvalue weighted by Crippen LogP contribution is 2.33. The van der Waals surface area contributed by atoms with E-state index < -0.39 is 23.5 Å². The summed E-state index contributed by atoms with van der Waals surface area (Å²) in [7, 11) is 0. The van der Waals surface area contributed by atoms with Gasteiger partial charge < -0.3 is 4.74 Å². The van der Waals surface area contributed by atoms with Crippen LogP contribution in [0, 0.1) is 12.8 Å². The summed E-state index contributed by atoms with van der Waals surface area (Å²) in [6.07, 6.45) is 7.02. The van der Waals surface area contributed by atoms with E-state index in [1.807, 2.05) is 13.2 Å². The fraction of sp³-hybridized carbons (Fsp3) is 0.667. The summed E-state index contributed by atoms with van der Waals surface area (Å²) in [4.78, 5) is 50.6. The first-order chi connectivity index (χ1) is 14.1. The van der Waals surface area contributed by atoms with Crippen molar-refractivity contribution in [2.75, 3.05) is 17.7 Å². The Hall–Kier alpha value is -2.16. The first-order valence-corrected chi connectivity index (χ1v) is 11.6. The summed E-state index contributed by atoms with van der Waals surface area (Å²) in [6.45, 7) is 7.30. The molecule has 0 aromatic carbocycles. The Morgan fingerprint density at radius 1 is 1.23 bits per heavy atom. The van der Waals surface area contributed by atoms with Gasteiger partial charge in [0.1, 0.15) is 17.3 Å². The maximum absolute atomic E-state index is 13.6. The number of hydrogen-bond acceptors (Lipinski definition) is 7. The molecule has 164 valence electrons. The van der Waals surface area contributed by atoms with E-state index in [-0.39, 0.29) is 18.5 Å². The van der Waals surface area contributed by atoms with Gasteiger partial charge in [0.15, 0.2) is 5.16 Å². The van der Waals surface area contributed by atoms with Gasteiger partial charge in [-0.05, 0) is 53.2 Å². The van der Waals surface area contributed by atoms with E-state index in [1.54, 1.807) is 31.9 Å². The van der Waals surface area contributed by atoms with Gasteiger partial charge in [0.2, 0.25) is 11.8 Å². The van der Waals surface area contributed by atoms with Crippen LogP contribution in [0.3, 0.4) is 0 Å². The number of amides is 3. The Morgan fingerprint density at radius 3 is 2.50 bits per heavy atom. The second kappa shape index (κ2) is 8.91. The molecule has 3 rings (SSSR count). The molecule has 1 aliphatic heterocycles. The number of nitrogens with zero attached hydrogens (tertiary/aromatic N) is 4. The van der Waals surface area contributed by atoms with Crippen LogP contribution >= 0.6 is 11.8 Å². The van der Waals surface area contributed by atoms with Gasteiger partial charge in [-0.25, -0.2) is 19.7 Å². The Balaban J connectivity index is 1.87. The molecule has 0 radical (unpaired) electrons. The van der Waals surface area contributed by atoms with E-state index in [9.17, 15) is 14.4 Å². The molecule has 0 unspecified atom stereocenters. The third kappa shape index (κ3) is 4.77. The fourth-order valence-electron chi connectivity index (χ4n) is 3.95. The average Bonchev–Trinajstić information content (AvgIpc) is 3.32. The molecule has 1 saturated heterocycles. The Labute approximate surface area is 181 Å². The standard InChI is InChI=1S/C21H30N4O4S/c1-13-12-22-19(30-5)23-16(13)25(14-8-6-7-9-14)18(27)15-10-11-24(17(15)26)20(28)29-21(2,3)4/h12,14-15H,6-11H2,1-5H3/t15-/m1/s1. The quantitative estimate of drug-likeness (QED) is 0.406. The number of hydrogen-bond donors (Lipinski definition) is 0. The third-order valence-corrected chi connectivity index (χ3v) is 5.94. The topological polar surface area (TPSA) is 92.7 Å². The predicted molar refractivity (Wildman–Crippen MR) is 114 cm³/mol. The zero-order chi connectivity index (χ0) is 22.1. The van der Waals surface area contributed by atoms with Crippen LogP contribution in [0.15, 0.2) is 11.4 Å². The van der Waals surface area contributed by atoms with Crippen molar-refractivity contribution in [1.82, 2.24) is 14.9 Å². The molecule has 0 spiro atoms. The SMILES string of the molecule is CSc1ncc(C)c(N(C(=O)[C@@H]2CCN(C(=O)OC(C)(C)C)C2=O)C2CCCC2)n1. The minimum Gasteiger partial charge on any atom is -0.443 e. The zero-order valence-corrected chi connectivity index (χ0v) is 19.1. The molecule has 0 N–H and O–H groups in total. The second-order valence-corrected chi connectivity index (χ2v) is 9.59. The number of ether oxygens (including phenoxy) is 1. The van der Waals surface area contributed by atoms with Gasteiger partial charge in [-0.3, -0.25) is 14.5 Å². The monoisotopic (exact) mass is 434 g/mol. The molecule has 3 amide bonds. The van der Waals surface area contributed by atoms with Crippen LogP contribution < -0.4 is 4.90 Å². The lowest BCUT2D eigenvalue weighted by atomic mass is 10.0. The third-order valence-electron chi connectivity index (χ3n) is 5.38. The smallest absolute Gasteiger partial charge is 0.417 e. The number of rotatable bonds is 4. The van der Waals surface area contributed by atoms with Crippen molar-refractivity contribution in [2.45, 2.75) is 76.6 Å². The highest BCUT2D eigenvalue weighted by atomic mass is 32.2. The van der Waals surface area contributed by atoms with Crippen LogP contribution in [0.1, 0.15) is 58.4 Å². The molecule has 1 aliphatic carbocycles. The average molecular weight is 435 g/mol. The van der Waals surface area contributed by atoms with Crippen molar-refractivity contribution in [3.05, 3.63) is 11.8 Å². The summed E-state index contributed by atoms with van der Waals surface area (Å²) in [5.74, 6) is -1.11. The van der Waals surface area contributed by atoms with Crippen LogP contribution in [0.2, 0.25) is 0 Å². The van der Waals surface area contributed by atoms with Gasteiger partial charge >= 0.3 is 6.09 Å². The molecule has 0 bridgehead atoms. The highest BCUT2D eigenvalue weighted by Gasteiger charge is 2.45. The van der Waals surface area contributed by atoms with E-state index in [4.69, 9.17) is 4.74 Å². The van der Waals surface area contributed by atoms with Crippen LogP contribution in [-0.4, -0.2) is 57.2 Å². The fourth-order valence-corrected chi connectivity index (χ4v) is 4.29. The van der Waals surface area contributed by atoms with Crippen LogP contribution in [-0.2, 0) is 14.3 Å². The maximum Gasteiger partial charge on any atom is 0.417 e. The molecule has 9 heteroatoms. The van der Waals surface area contributed by atoms with E-state index in [0.29, 0.717) is 17.4 Å². The molecule has 2 heterocycles. The number of aromatic nitrogens is 2. The van der Waals surface area contributed by atoms with Crippen LogP contribution in [0.25, 0.3) is 0 Å². The van der Waals surface area contributed by atoms with Gasteiger partial charge in [-0.2, -0.15) is 0 Å². The molecular weight excluding hydrogens is 404 g/mol. The molecule has 1 atom stereocenters. The molecule has 2 aliphatic rings. The minimum atomic E-state index is -0.898. The van der Waals surface area contributed by atoms with Crippen molar-refractivity contribution in [2.24, 2.45) is 5.92 Å². The van der Waals surface area contributed by atoms with Crippen molar-refractivity contribution in [3.8, 4) is 0 Å². The number of carbonyl (C=O) groups excluding carboxylic acids is 3. The number of imide groups is 1. The largest absolute Gasteiger partial charge is 0.443 e. The number of aryl methyl sites for hydroxylation is 1. The first-order valence-electron chi connectivity index (χ1n) is 10.4. The summed E-state index contributed by atoms with van der Waals surface area (Å²) >= 11 is 1.41. The lowest BCUT2D eigenvalue weighted by molar-refractivity contribution is -0.136. The highest BCUT2D eigenvalue weighted by molar-refractivity contribution is 7.98. The predicted octanol–water partition coefficient (Wildman–Crippen LogP) is 3.57. The lowest BCUT2D eigenvalue weighted by Gasteiger charge is -2.31. The summed E-state index contributed by atoms with van der Waals surface area (Å²) in [5.41, 5.74) is 0.0873. The minimum absolute atomic E-state index is 0.00387. The molecule has 30 heavy (non-hydrogen) atoms. The molecule has 1 saturated carbocycles. The van der Waals surface area contributed by atoms with Crippen molar-refractivity contribution >= 4 is 35.5 Å². The van der Waals surface area contributed by atoms with Gasteiger partial charge in [0.05, 0.1) is 0 Å². The normalized spacial score (nSPS) is 20.0. The van der Waals surface area contributed by atoms with E-state index in [2.05, 4.69) is 9.97 Å². The van der Waals surface area contributed by atoms with E-state index >= 15 is 0 Å². The summed E-state index contributed by atoms with van der Waals surface area (Å²) in [6, 6.07) is 0.00387. The maximum atomic E-state index is 13.6. The Kier molecular flexibility index (Phi) is 6.69. The number of thioether (sulfide) groups is 1. The van der Waals surface area contributed by atoms with E-state index in [1.165, 1.54) is 11.8 Å². The molecule has 1 aromatic rings. The van der Waals surface area contributed by atoms with Crippen molar-refractivity contribution in [3.63, 3.8) is 0 Å². The van der Waals surface area contributed by atoms with Gasteiger partial charge in [-0.1, -0.05) is 24.6 Å². The summed E-state index contributed by atoms with van der Waals surface area (Å²) < 4.78 is 5.33. The van der Waals surface area contributed by atoms with Gasteiger partial charge in [-0.15, -0.1) is 0 Å². The van der Waals surface area contributed by atoms with Gasteiger partial charge in [0, 0.05) is 24.3 Å². The van der Waals surface area contributed by atoms with Crippen molar-refractivity contribution in [1.29, 1.82) is 0 Å². The number of carbonyl (C=O) groups is 3. The second-order valence-electron chi connectivity index (χ2n) is 8.82. The number of likely N-dealkylation sites (tertiary alicyclic amines) is 1. The van der Waals surface area contributed by atoms with Crippen molar-refractivity contribution < 1.29 is 19.1 Å². The molecule has 8 nitrogen and oxygen atoms in total. The zero-order valence-electron chi connectivity index (χ0n) is 18.3. The Bertz CT molecular complexity index is 833. The lowest BCUT2D eigenvalue weighted by Crippen LogP contribution is -2.47. The summed E-state index contributed by atoms with van der Waals surface area (Å²) in [5, 5.41) is 0.583. The number of anilines is 1. The van der Waals surface area contributed by atoms with Crippen LogP contribution in [0.5, 0.6) is 0 Å². The molecular formula is C21H30N4O4S.